The molecular formula is C17H29NO2. The van der Waals surface area contributed by atoms with E-state index >= 15 is 0 Å². The summed E-state index contributed by atoms with van der Waals surface area (Å²) in [6.07, 6.45) is 3.86. The molecule has 1 atom stereocenters. The zero-order chi connectivity index (χ0) is 14.8. The number of ether oxygens (including phenoxy) is 1. The molecule has 0 bridgehead atoms. The van der Waals surface area contributed by atoms with E-state index in [2.05, 4.69) is 38.2 Å². The molecule has 0 radical (unpaired) electrons. The van der Waals surface area contributed by atoms with Crippen LogP contribution in [-0.2, 0) is 6.42 Å². The third-order valence-electron chi connectivity index (χ3n) is 3.93. The molecule has 0 saturated carbocycles. The lowest BCUT2D eigenvalue weighted by Gasteiger charge is -2.31. The Morgan fingerprint density at radius 1 is 1.15 bits per heavy atom. The van der Waals surface area contributed by atoms with E-state index in [1.54, 1.807) is 0 Å². The molecule has 0 aliphatic heterocycles. The van der Waals surface area contributed by atoms with Crippen molar-refractivity contribution in [2.24, 2.45) is 0 Å². The van der Waals surface area contributed by atoms with E-state index in [9.17, 15) is 5.11 Å². The second-order valence-corrected chi connectivity index (χ2v) is 5.27. The summed E-state index contributed by atoms with van der Waals surface area (Å²) in [6.45, 7) is 8.10. The Morgan fingerprint density at radius 3 is 2.35 bits per heavy atom. The predicted molar refractivity (Wildman–Crippen MR) is 84.3 cm³/mol. The molecule has 0 spiro atoms. The van der Waals surface area contributed by atoms with Crippen LogP contribution in [0.1, 0.15) is 45.6 Å². The number of aryl methyl sites for hydroxylation is 1. The average Bonchev–Trinajstić information content (AvgIpc) is 2.51. The minimum atomic E-state index is -0.149. The fourth-order valence-electron chi connectivity index (χ4n) is 2.43. The van der Waals surface area contributed by atoms with Crippen molar-refractivity contribution >= 4 is 0 Å². The van der Waals surface area contributed by atoms with Crippen molar-refractivity contribution in [2.45, 2.75) is 52.0 Å². The Kier molecular flexibility index (Phi) is 7.63. The second kappa shape index (κ2) is 8.98. The summed E-state index contributed by atoms with van der Waals surface area (Å²) < 4.78 is 5.76. The van der Waals surface area contributed by atoms with Gasteiger partial charge in [-0.05, 0) is 49.9 Å². The Hall–Kier alpha value is -1.06. The Labute approximate surface area is 123 Å². The van der Waals surface area contributed by atoms with Crippen LogP contribution < -0.4 is 10.1 Å². The van der Waals surface area contributed by atoms with Gasteiger partial charge >= 0.3 is 0 Å². The summed E-state index contributed by atoms with van der Waals surface area (Å²) >= 11 is 0. The van der Waals surface area contributed by atoms with Crippen LogP contribution in [0.25, 0.3) is 0 Å². The van der Waals surface area contributed by atoms with Crippen molar-refractivity contribution < 1.29 is 9.84 Å². The molecule has 1 unspecified atom stereocenters. The normalized spacial score (nSPS) is 14.0. The first-order valence-electron chi connectivity index (χ1n) is 7.77. The highest BCUT2D eigenvalue weighted by molar-refractivity contribution is 5.27. The maximum atomic E-state index is 9.58. The summed E-state index contributed by atoms with van der Waals surface area (Å²) in [7, 11) is 0. The Morgan fingerprint density at radius 2 is 1.85 bits per heavy atom. The third kappa shape index (κ3) is 5.14. The van der Waals surface area contributed by atoms with E-state index < -0.39 is 0 Å². The summed E-state index contributed by atoms with van der Waals surface area (Å²) in [5.74, 6) is 0.928. The van der Waals surface area contributed by atoms with Gasteiger partial charge in [0.2, 0.25) is 0 Å². The summed E-state index contributed by atoms with van der Waals surface area (Å²) in [6, 6.07) is 8.28. The van der Waals surface area contributed by atoms with Gasteiger partial charge in [0.25, 0.3) is 0 Å². The topological polar surface area (TPSA) is 41.5 Å². The molecule has 1 aromatic carbocycles. The molecule has 0 aliphatic carbocycles. The van der Waals surface area contributed by atoms with Crippen LogP contribution >= 0.6 is 0 Å². The predicted octanol–water partition coefficient (Wildman–Crippen LogP) is 3.16. The highest BCUT2D eigenvalue weighted by Crippen LogP contribution is 2.18. The van der Waals surface area contributed by atoms with E-state index in [1.165, 1.54) is 5.56 Å². The first-order chi connectivity index (χ1) is 9.69. The molecule has 0 aliphatic rings. The Bertz CT molecular complexity index is 358. The SMILES string of the molecule is CCNC(CC)(CO)CCCOc1ccc(CC)cc1. The van der Waals surface area contributed by atoms with Gasteiger partial charge in [-0.1, -0.05) is 32.9 Å². The maximum Gasteiger partial charge on any atom is 0.119 e. The lowest BCUT2D eigenvalue weighted by molar-refractivity contribution is 0.139. The molecule has 0 heterocycles. The zero-order valence-corrected chi connectivity index (χ0v) is 13.1. The van der Waals surface area contributed by atoms with E-state index in [1.807, 2.05) is 12.1 Å². The van der Waals surface area contributed by atoms with Crippen molar-refractivity contribution in [2.75, 3.05) is 19.8 Å². The van der Waals surface area contributed by atoms with Gasteiger partial charge in [0.05, 0.1) is 13.2 Å². The molecule has 114 valence electrons. The number of benzene rings is 1. The van der Waals surface area contributed by atoms with Crippen LogP contribution in [0.5, 0.6) is 5.75 Å². The Balaban J connectivity index is 2.35. The highest BCUT2D eigenvalue weighted by atomic mass is 16.5. The molecule has 20 heavy (non-hydrogen) atoms. The van der Waals surface area contributed by atoms with Gasteiger partial charge in [-0.3, -0.25) is 0 Å². The molecule has 3 nitrogen and oxygen atoms in total. The van der Waals surface area contributed by atoms with Crippen molar-refractivity contribution in [3.05, 3.63) is 29.8 Å². The molecule has 3 heteroatoms. The lowest BCUT2D eigenvalue weighted by atomic mass is 9.91. The van der Waals surface area contributed by atoms with Crippen molar-refractivity contribution in [1.29, 1.82) is 0 Å². The van der Waals surface area contributed by atoms with Gasteiger partial charge in [0.15, 0.2) is 0 Å². The van der Waals surface area contributed by atoms with E-state index in [0.717, 1.165) is 38.0 Å². The van der Waals surface area contributed by atoms with E-state index in [0.29, 0.717) is 6.61 Å². The summed E-state index contributed by atoms with van der Waals surface area (Å²) in [5, 5.41) is 13.0. The molecule has 2 N–H and O–H groups in total. The molecule has 1 aromatic rings. The molecule has 0 aromatic heterocycles. The van der Waals surface area contributed by atoms with Crippen LogP contribution in [0, 0.1) is 0 Å². The van der Waals surface area contributed by atoms with Gasteiger partial charge in [0, 0.05) is 5.54 Å². The smallest absolute Gasteiger partial charge is 0.119 e. The minimum absolute atomic E-state index is 0.149. The molecule has 0 fully saturated rings. The maximum absolute atomic E-state index is 9.58. The van der Waals surface area contributed by atoms with Crippen LogP contribution in [0.2, 0.25) is 0 Å². The van der Waals surface area contributed by atoms with Crippen molar-refractivity contribution in [3.63, 3.8) is 0 Å². The van der Waals surface area contributed by atoms with Crippen LogP contribution in [0.3, 0.4) is 0 Å². The number of rotatable bonds is 10. The van der Waals surface area contributed by atoms with Gasteiger partial charge in [-0.25, -0.2) is 0 Å². The average molecular weight is 279 g/mol. The number of likely N-dealkylation sites (N-methyl/N-ethyl adjacent to an activating group) is 1. The van der Waals surface area contributed by atoms with E-state index in [4.69, 9.17) is 4.74 Å². The number of aliphatic hydroxyl groups is 1. The zero-order valence-electron chi connectivity index (χ0n) is 13.1. The van der Waals surface area contributed by atoms with Gasteiger partial charge in [-0.15, -0.1) is 0 Å². The van der Waals surface area contributed by atoms with Crippen LogP contribution in [0.15, 0.2) is 24.3 Å². The molecule has 0 saturated heterocycles. The first kappa shape index (κ1) is 17.0. The van der Waals surface area contributed by atoms with Gasteiger partial charge < -0.3 is 15.2 Å². The fraction of sp³-hybridized carbons (Fsp3) is 0.647. The highest BCUT2D eigenvalue weighted by Gasteiger charge is 2.25. The number of hydrogen-bond acceptors (Lipinski definition) is 3. The van der Waals surface area contributed by atoms with Crippen molar-refractivity contribution in [1.82, 2.24) is 5.32 Å². The van der Waals surface area contributed by atoms with E-state index in [-0.39, 0.29) is 12.1 Å². The minimum Gasteiger partial charge on any atom is -0.494 e. The quantitative estimate of drug-likeness (QED) is 0.646. The van der Waals surface area contributed by atoms with Gasteiger partial charge in [-0.2, -0.15) is 0 Å². The van der Waals surface area contributed by atoms with Crippen LogP contribution in [-0.4, -0.2) is 30.4 Å². The monoisotopic (exact) mass is 279 g/mol. The molecular weight excluding hydrogens is 250 g/mol. The summed E-state index contributed by atoms with van der Waals surface area (Å²) in [5.41, 5.74) is 1.18. The first-order valence-corrected chi connectivity index (χ1v) is 7.77. The number of aliphatic hydroxyl groups excluding tert-OH is 1. The third-order valence-corrected chi connectivity index (χ3v) is 3.93. The molecule has 0 amide bonds. The second-order valence-electron chi connectivity index (χ2n) is 5.27. The standard InChI is InChI=1S/C17H29NO2/c1-4-15-8-10-16(11-9-15)20-13-7-12-17(5-2,14-19)18-6-3/h8-11,18-19H,4-7,12-14H2,1-3H3. The lowest BCUT2D eigenvalue weighted by Crippen LogP contribution is -2.48. The van der Waals surface area contributed by atoms with Crippen molar-refractivity contribution in [3.8, 4) is 5.75 Å². The molecule has 1 rings (SSSR count). The fourth-order valence-corrected chi connectivity index (χ4v) is 2.43. The number of nitrogens with one attached hydrogen (secondary N) is 1. The largest absolute Gasteiger partial charge is 0.494 e. The summed E-state index contributed by atoms with van der Waals surface area (Å²) in [4.78, 5) is 0. The van der Waals surface area contributed by atoms with Gasteiger partial charge in [0.1, 0.15) is 5.75 Å². The van der Waals surface area contributed by atoms with Crippen LogP contribution in [0.4, 0.5) is 0 Å². The number of hydrogen-bond donors (Lipinski definition) is 2.